The molecule has 13 heteroatoms. The van der Waals surface area contributed by atoms with E-state index in [1.165, 1.54) is 47.8 Å². The molecule has 0 bridgehead atoms. The van der Waals surface area contributed by atoms with Crippen LogP contribution in [-0.2, 0) is 11.3 Å². The normalized spacial score (nSPS) is 15.8. The molecular weight excluding hydrogens is 497 g/mol. The summed E-state index contributed by atoms with van der Waals surface area (Å²) in [5.41, 5.74) is -3.44. The van der Waals surface area contributed by atoms with Crippen LogP contribution in [0.15, 0.2) is 72.0 Å². The fourth-order valence-corrected chi connectivity index (χ4v) is 4.05. The number of benzene rings is 1. The predicted molar refractivity (Wildman–Crippen MR) is 127 cm³/mol. The van der Waals surface area contributed by atoms with Crippen molar-refractivity contribution >= 4 is 46.9 Å². The molecule has 1 unspecified atom stereocenters. The van der Waals surface area contributed by atoms with Gasteiger partial charge in [-0.25, -0.2) is 19.5 Å². The van der Waals surface area contributed by atoms with Crippen molar-refractivity contribution < 1.29 is 27.6 Å². The Hall–Kier alpha value is -4.13. The zero-order valence-electron chi connectivity index (χ0n) is 18.7. The number of thioether (sulfide) groups is 1. The molecule has 2 aromatic heterocycles. The van der Waals surface area contributed by atoms with Crippen LogP contribution in [0.2, 0.25) is 0 Å². The second kappa shape index (κ2) is 10.2. The molecule has 1 fully saturated rings. The van der Waals surface area contributed by atoms with E-state index in [2.05, 4.69) is 20.6 Å². The SMILES string of the molecule is CC1C(=O)N(c2ccc(SC(F)(F)F)cc2)C(=O)N1Cc1ccncc1NC(=O)Nc1ccccn1. The molecular formula is C23H19F3N6O3S. The van der Waals surface area contributed by atoms with Crippen LogP contribution in [-0.4, -0.2) is 44.4 Å². The number of hydrogen-bond acceptors (Lipinski definition) is 6. The molecule has 9 nitrogen and oxygen atoms in total. The number of nitrogens with zero attached hydrogens (tertiary/aromatic N) is 4. The third kappa shape index (κ3) is 5.74. The molecule has 3 aromatic rings. The quantitative estimate of drug-likeness (QED) is 0.349. The Kier molecular flexibility index (Phi) is 7.10. The first-order valence-electron chi connectivity index (χ1n) is 10.5. The minimum absolute atomic E-state index is 0.0219. The van der Waals surface area contributed by atoms with Crippen molar-refractivity contribution in [3.05, 3.63) is 72.7 Å². The number of amides is 5. The van der Waals surface area contributed by atoms with Crippen molar-refractivity contribution in [2.45, 2.75) is 29.9 Å². The molecule has 0 saturated carbocycles. The maximum atomic E-state index is 13.1. The Morgan fingerprint density at radius 1 is 1.06 bits per heavy atom. The van der Waals surface area contributed by atoms with Crippen LogP contribution < -0.4 is 15.5 Å². The molecule has 3 heterocycles. The minimum Gasteiger partial charge on any atom is -0.308 e. The maximum absolute atomic E-state index is 13.1. The third-order valence-corrected chi connectivity index (χ3v) is 5.96. The molecule has 0 radical (unpaired) electrons. The standard InChI is InChI=1S/C23H19F3N6O3S/c1-14-20(33)32(16-5-7-17(8-6-16)36-23(24,25)26)22(35)31(14)13-15-9-11-27-12-18(15)29-21(34)30-19-4-2-3-10-28-19/h2-12,14H,13H2,1H3,(H2,28,29,30,34). The molecule has 4 rings (SSSR count). The maximum Gasteiger partial charge on any atom is 0.446 e. The number of alkyl halides is 3. The van der Waals surface area contributed by atoms with E-state index in [4.69, 9.17) is 0 Å². The van der Waals surface area contributed by atoms with Crippen molar-refractivity contribution in [3.8, 4) is 0 Å². The number of nitrogens with one attached hydrogen (secondary N) is 2. The van der Waals surface area contributed by atoms with E-state index in [9.17, 15) is 27.6 Å². The third-order valence-electron chi connectivity index (χ3n) is 5.22. The van der Waals surface area contributed by atoms with Gasteiger partial charge in [0.15, 0.2) is 0 Å². The molecule has 1 aliphatic rings. The van der Waals surface area contributed by atoms with Crippen LogP contribution in [0.3, 0.4) is 0 Å². The highest BCUT2D eigenvalue weighted by Gasteiger charge is 2.43. The predicted octanol–water partition coefficient (Wildman–Crippen LogP) is 5.09. The Morgan fingerprint density at radius 3 is 2.47 bits per heavy atom. The lowest BCUT2D eigenvalue weighted by molar-refractivity contribution is -0.119. The minimum atomic E-state index is -4.45. The van der Waals surface area contributed by atoms with E-state index in [-0.39, 0.29) is 28.9 Å². The van der Waals surface area contributed by atoms with Gasteiger partial charge in [0.1, 0.15) is 11.9 Å². The molecule has 1 aromatic carbocycles. The fourth-order valence-electron chi connectivity index (χ4n) is 3.51. The van der Waals surface area contributed by atoms with Gasteiger partial charge in [-0.05, 0) is 66.7 Å². The van der Waals surface area contributed by atoms with Gasteiger partial charge in [-0.15, -0.1) is 0 Å². The average Bonchev–Trinajstić information content (AvgIpc) is 3.03. The van der Waals surface area contributed by atoms with E-state index in [0.29, 0.717) is 17.1 Å². The van der Waals surface area contributed by atoms with Gasteiger partial charge in [0.25, 0.3) is 5.91 Å². The van der Waals surface area contributed by atoms with Crippen molar-refractivity contribution in [2.24, 2.45) is 0 Å². The van der Waals surface area contributed by atoms with E-state index in [0.717, 1.165) is 4.90 Å². The molecule has 186 valence electrons. The van der Waals surface area contributed by atoms with Crippen molar-refractivity contribution in [1.29, 1.82) is 0 Å². The van der Waals surface area contributed by atoms with Gasteiger partial charge in [-0.1, -0.05) is 6.07 Å². The number of carbonyl (C=O) groups is 3. The van der Waals surface area contributed by atoms with Gasteiger partial charge in [0.2, 0.25) is 0 Å². The summed E-state index contributed by atoms with van der Waals surface area (Å²) in [6, 6.07) is 9.57. The Labute approximate surface area is 207 Å². The van der Waals surface area contributed by atoms with Crippen LogP contribution in [0.25, 0.3) is 0 Å². The Balaban J connectivity index is 1.49. The van der Waals surface area contributed by atoms with Gasteiger partial charge < -0.3 is 10.2 Å². The van der Waals surface area contributed by atoms with E-state index < -0.39 is 29.5 Å². The molecule has 36 heavy (non-hydrogen) atoms. The summed E-state index contributed by atoms with van der Waals surface area (Å²) < 4.78 is 37.8. The van der Waals surface area contributed by atoms with E-state index >= 15 is 0 Å². The lowest BCUT2D eigenvalue weighted by atomic mass is 10.2. The topological polar surface area (TPSA) is 108 Å². The monoisotopic (exact) mass is 516 g/mol. The van der Waals surface area contributed by atoms with Crippen molar-refractivity contribution in [2.75, 3.05) is 15.5 Å². The highest BCUT2D eigenvalue weighted by molar-refractivity contribution is 8.00. The largest absolute Gasteiger partial charge is 0.446 e. The molecule has 5 amide bonds. The lowest BCUT2D eigenvalue weighted by Crippen LogP contribution is -2.34. The number of imide groups is 1. The number of carbonyl (C=O) groups excluding carboxylic acids is 3. The molecule has 1 saturated heterocycles. The highest BCUT2D eigenvalue weighted by atomic mass is 32.2. The second-order valence-corrected chi connectivity index (χ2v) is 8.77. The zero-order valence-corrected chi connectivity index (χ0v) is 19.5. The molecule has 1 aliphatic heterocycles. The summed E-state index contributed by atoms with van der Waals surface area (Å²) in [6.45, 7) is 1.53. The number of hydrogen-bond donors (Lipinski definition) is 2. The number of rotatable bonds is 6. The molecule has 2 N–H and O–H groups in total. The number of halogens is 3. The van der Waals surface area contributed by atoms with E-state index in [1.807, 2.05) is 0 Å². The first kappa shape index (κ1) is 25.0. The summed E-state index contributed by atoms with van der Waals surface area (Å²) in [5.74, 6) is -0.183. The first-order chi connectivity index (χ1) is 17.1. The summed E-state index contributed by atoms with van der Waals surface area (Å²) in [7, 11) is 0. The second-order valence-electron chi connectivity index (χ2n) is 7.63. The summed E-state index contributed by atoms with van der Waals surface area (Å²) in [5, 5.41) is 5.24. The number of pyridine rings is 2. The van der Waals surface area contributed by atoms with Gasteiger partial charge in [-0.3, -0.25) is 15.1 Å². The van der Waals surface area contributed by atoms with Gasteiger partial charge in [-0.2, -0.15) is 13.2 Å². The molecule has 0 spiro atoms. The van der Waals surface area contributed by atoms with E-state index in [1.54, 1.807) is 31.2 Å². The lowest BCUT2D eigenvalue weighted by Gasteiger charge is -2.21. The summed E-state index contributed by atoms with van der Waals surface area (Å²) >= 11 is -0.285. The zero-order chi connectivity index (χ0) is 25.9. The number of anilines is 3. The first-order valence-corrected chi connectivity index (χ1v) is 11.4. The van der Waals surface area contributed by atoms with Crippen LogP contribution in [0.1, 0.15) is 12.5 Å². The molecule has 0 aliphatic carbocycles. The average molecular weight is 517 g/mol. The van der Waals surface area contributed by atoms with Crippen molar-refractivity contribution in [1.82, 2.24) is 14.9 Å². The Morgan fingerprint density at radius 2 is 1.81 bits per heavy atom. The highest BCUT2D eigenvalue weighted by Crippen LogP contribution is 2.38. The van der Waals surface area contributed by atoms with Crippen LogP contribution in [0.5, 0.6) is 0 Å². The van der Waals surface area contributed by atoms with Gasteiger partial charge in [0.05, 0.1) is 24.1 Å². The molecule has 1 atom stereocenters. The fraction of sp³-hybridized carbons (Fsp3) is 0.174. The summed E-state index contributed by atoms with van der Waals surface area (Å²) in [4.78, 5) is 48.6. The van der Waals surface area contributed by atoms with Crippen LogP contribution >= 0.6 is 11.8 Å². The van der Waals surface area contributed by atoms with Gasteiger partial charge in [0, 0.05) is 17.3 Å². The summed E-state index contributed by atoms with van der Waals surface area (Å²) in [6.07, 6.45) is 4.42. The van der Waals surface area contributed by atoms with Crippen LogP contribution in [0, 0.1) is 0 Å². The van der Waals surface area contributed by atoms with Crippen molar-refractivity contribution in [3.63, 3.8) is 0 Å². The van der Waals surface area contributed by atoms with Crippen LogP contribution in [0.4, 0.5) is 40.0 Å². The smallest absolute Gasteiger partial charge is 0.308 e. The van der Waals surface area contributed by atoms with Gasteiger partial charge >= 0.3 is 17.6 Å². The Bertz CT molecular complexity index is 1270. The number of urea groups is 2. The number of aromatic nitrogens is 2.